The second kappa shape index (κ2) is 3.48. The molecule has 0 radical (unpaired) electrons. The second-order valence-corrected chi connectivity index (χ2v) is 3.44. The monoisotopic (exact) mass is 170 g/mol. The largest absolute Gasteiger partial charge is 0.342 e. The van der Waals surface area contributed by atoms with E-state index in [9.17, 15) is 4.79 Å². The number of thiazole rings is 1. The van der Waals surface area contributed by atoms with E-state index >= 15 is 0 Å². The standard InChI is InChI=1S/C7H10N2OS/c1-6-8-7(4-11-6)3-9(2)5-10/h4-5H,3H2,1-2H3. The Kier molecular flexibility index (Phi) is 2.59. The minimum Gasteiger partial charge on any atom is -0.342 e. The molecule has 0 saturated heterocycles. The third kappa shape index (κ3) is 2.31. The van der Waals surface area contributed by atoms with Crippen LogP contribution >= 0.6 is 11.3 Å². The van der Waals surface area contributed by atoms with Crippen LogP contribution in [-0.2, 0) is 11.3 Å². The molecule has 60 valence electrons. The highest BCUT2D eigenvalue weighted by molar-refractivity contribution is 7.09. The van der Waals surface area contributed by atoms with Gasteiger partial charge in [-0.3, -0.25) is 4.79 Å². The first-order valence-electron chi connectivity index (χ1n) is 3.29. The van der Waals surface area contributed by atoms with Gasteiger partial charge in [0.2, 0.25) is 6.41 Å². The zero-order valence-corrected chi connectivity index (χ0v) is 7.39. The van der Waals surface area contributed by atoms with Crippen LogP contribution < -0.4 is 0 Å². The lowest BCUT2D eigenvalue weighted by molar-refractivity contribution is -0.117. The van der Waals surface area contributed by atoms with Gasteiger partial charge in [0, 0.05) is 12.4 Å². The molecular weight excluding hydrogens is 160 g/mol. The lowest BCUT2D eigenvalue weighted by Gasteiger charge is -2.06. The number of amides is 1. The molecule has 0 unspecified atom stereocenters. The van der Waals surface area contributed by atoms with E-state index in [4.69, 9.17) is 0 Å². The molecule has 1 rings (SSSR count). The smallest absolute Gasteiger partial charge is 0.209 e. The molecule has 0 aliphatic carbocycles. The van der Waals surface area contributed by atoms with Crippen molar-refractivity contribution in [1.29, 1.82) is 0 Å². The van der Waals surface area contributed by atoms with Crippen LogP contribution in [-0.4, -0.2) is 23.3 Å². The van der Waals surface area contributed by atoms with Crippen LogP contribution in [0, 0.1) is 6.92 Å². The summed E-state index contributed by atoms with van der Waals surface area (Å²) in [6.07, 6.45) is 0.800. The lowest BCUT2D eigenvalue weighted by atomic mass is 10.5. The van der Waals surface area contributed by atoms with Crippen LogP contribution in [0.5, 0.6) is 0 Å². The van der Waals surface area contributed by atoms with Gasteiger partial charge in [0.1, 0.15) is 0 Å². The third-order valence-electron chi connectivity index (χ3n) is 1.26. The number of rotatable bonds is 3. The Bertz CT molecular complexity index is 246. The Morgan fingerprint density at radius 1 is 1.82 bits per heavy atom. The van der Waals surface area contributed by atoms with E-state index in [1.165, 1.54) is 0 Å². The Labute approximate surface area is 69.7 Å². The minimum atomic E-state index is 0.605. The van der Waals surface area contributed by atoms with Crippen LogP contribution in [0.2, 0.25) is 0 Å². The molecule has 0 aromatic carbocycles. The Hall–Kier alpha value is -0.900. The van der Waals surface area contributed by atoms with Gasteiger partial charge in [-0.2, -0.15) is 0 Å². The molecule has 0 aliphatic rings. The summed E-state index contributed by atoms with van der Waals surface area (Å²) in [4.78, 5) is 16.0. The molecule has 0 N–H and O–H groups in total. The van der Waals surface area contributed by atoms with Crippen LogP contribution in [0.25, 0.3) is 0 Å². The van der Waals surface area contributed by atoms with Gasteiger partial charge >= 0.3 is 0 Å². The van der Waals surface area contributed by atoms with Crippen molar-refractivity contribution in [2.45, 2.75) is 13.5 Å². The molecule has 0 fully saturated rings. The number of carbonyl (C=O) groups is 1. The number of hydrogen-bond donors (Lipinski definition) is 0. The molecule has 1 aromatic rings. The number of nitrogens with zero attached hydrogens (tertiary/aromatic N) is 2. The first-order chi connectivity index (χ1) is 5.22. The van der Waals surface area contributed by atoms with Gasteiger partial charge in [-0.05, 0) is 6.92 Å². The molecular formula is C7H10N2OS. The van der Waals surface area contributed by atoms with Crippen molar-refractivity contribution >= 4 is 17.7 Å². The van der Waals surface area contributed by atoms with Crippen molar-refractivity contribution in [3.8, 4) is 0 Å². The van der Waals surface area contributed by atoms with E-state index < -0.39 is 0 Å². The number of carbonyl (C=O) groups excluding carboxylic acids is 1. The predicted octanol–water partition coefficient (Wildman–Crippen LogP) is 1.04. The quantitative estimate of drug-likeness (QED) is 0.635. The maximum atomic E-state index is 10.2. The van der Waals surface area contributed by atoms with E-state index in [1.54, 1.807) is 23.3 Å². The fourth-order valence-electron chi connectivity index (χ4n) is 0.774. The van der Waals surface area contributed by atoms with Gasteiger partial charge in [-0.1, -0.05) is 0 Å². The molecule has 0 aliphatic heterocycles. The summed E-state index contributed by atoms with van der Waals surface area (Å²) in [5.74, 6) is 0. The molecule has 1 aromatic heterocycles. The van der Waals surface area contributed by atoms with Gasteiger partial charge in [-0.15, -0.1) is 11.3 Å². The maximum absolute atomic E-state index is 10.2. The summed E-state index contributed by atoms with van der Waals surface area (Å²) in [5, 5.41) is 3.01. The third-order valence-corrected chi connectivity index (χ3v) is 2.08. The van der Waals surface area contributed by atoms with Gasteiger partial charge in [0.05, 0.1) is 17.2 Å². The Morgan fingerprint density at radius 2 is 2.55 bits per heavy atom. The second-order valence-electron chi connectivity index (χ2n) is 2.38. The summed E-state index contributed by atoms with van der Waals surface area (Å²) in [6, 6.07) is 0. The van der Waals surface area contributed by atoms with E-state index in [2.05, 4.69) is 4.98 Å². The molecule has 0 saturated carbocycles. The Morgan fingerprint density at radius 3 is 3.00 bits per heavy atom. The van der Waals surface area contributed by atoms with Crippen LogP contribution in [0.15, 0.2) is 5.38 Å². The van der Waals surface area contributed by atoms with Gasteiger partial charge in [0.25, 0.3) is 0 Å². The van der Waals surface area contributed by atoms with Crippen molar-refractivity contribution in [2.75, 3.05) is 7.05 Å². The SMILES string of the molecule is Cc1nc(CN(C)C=O)cs1. The predicted molar refractivity (Wildman–Crippen MR) is 44.4 cm³/mol. The normalized spacial score (nSPS) is 9.64. The van der Waals surface area contributed by atoms with Gasteiger partial charge < -0.3 is 4.90 Å². The summed E-state index contributed by atoms with van der Waals surface area (Å²) in [6.45, 7) is 2.56. The van der Waals surface area contributed by atoms with E-state index in [0.717, 1.165) is 17.1 Å². The lowest BCUT2D eigenvalue weighted by Crippen LogP contribution is -2.14. The zero-order chi connectivity index (χ0) is 8.27. The van der Waals surface area contributed by atoms with Crippen molar-refractivity contribution in [1.82, 2.24) is 9.88 Å². The zero-order valence-electron chi connectivity index (χ0n) is 6.57. The van der Waals surface area contributed by atoms with Crippen LogP contribution in [0.1, 0.15) is 10.7 Å². The highest BCUT2D eigenvalue weighted by Gasteiger charge is 1.99. The molecule has 0 atom stereocenters. The highest BCUT2D eigenvalue weighted by Crippen LogP contribution is 2.08. The summed E-state index contributed by atoms with van der Waals surface area (Å²) < 4.78 is 0. The van der Waals surface area contributed by atoms with Gasteiger partial charge in [-0.25, -0.2) is 4.98 Å². The molecule has 0 spiro atoms. The first-order valence-corrected chi connectivity index (χ1v) is 4.17. The Balaban J connectivity index is 2.57. The number of aryl methyl sites for hydroxylation is 1. The van der Waals surface area contributed by atoms with E-state index in [-0.39, 0.29) is 0 Å². The summed E-state index contributed by atoms with van der Waals surface area (Å²) >= 11 is 1.60. The topological polar surface area (TPSA) is 33.2 Å². The fraction of sp³-hybridized carbons (Fsp3) is 0.429. The van der Waals surface area contributed by atoms with Crippen LogP contribution in [0.4, 0.5) is 0 Å². The number of aromatic nitrogens is 1. The van der Waals surface area contributed by atoms with Gasteiger partial charge in [0.15, 0.2) is 0 Å². The maximum Gasteiger partial charge on any atom is 0.209 e. The molecule has 1 amide bonds. The highest BCUT2D eigenvalue weighted by atomic mass is 32.1. The number of hydrogen-bond acceptors (Lipinski definition) is 3. The van der Waals surface area contributed by atoms with E-state index in [0.29, 0.717) is 6.54 Å². The average molecular weight is 170 g/mol. The van der Waals surface area contributed by atoms with Crippen molar-refractivity contribution in [3.63, 3.8) is 0 Å². The first kappa shape index (κ1) is 8.20. The van der Waals surface area contributed by atoms with Crippen molar-refractivity contribution in [3.05, 3.63) is 16.1 Å². The summed E-state index contributed by atoms with van der Waals surface area (Å²) in [5.41, 5.74) is 0.960. The van der Waals surface area contributed by atoms with Crippen LogP contribution in [0.3, 0.4) is 0 Å². The molecule has 1 heterocycles. The molecule has 3 nitrogen and oxygen atoms in total. The fourth-order valence-corrected chi connectivity index (χ4v) is 1.38. The average Bonchev–Trinajstić information content (AvgIpc) is 2.35. The molecule has 4 heteroatoms. The molecule has 11 heavy (non-hydrogen) atoms. The minimum absolute atomic E-state index is 0.605. The molecule has 0 bridgehead atoms. The van der Waals surface area contributed by atoms with Crippen molar-refractivity contribution < 1.29 is 4.79 Å². The van der Waals surface area contributed by atoms with Crippen molar-refractivity contribution in [2.24, 2.45) is 0 Å². The summed E-state index contributed by atoms with van der Waals surface area (Å²) in [7, 11) is 1.74. The van der Waals surface area contributed by atoms with E-state index in [1.807, 2.05) is 12.3 Å².